The molecule has 5 nitrogen and oxygen atoms in total. The number of rotatable bonds is 5. The van der Waals surface area contributed by atoms with Crippen molar-refractivity contribution in [2.24, 2.45) is 5.92 Å². The summed E-state index contributed by atoms with van der Waals surface area (Å²) in [6, 6.07) is 12.2. The van der Waals surface area contributed by atoms with E-state index in [-0.39, 0.29) is 30.1 Å². The van der Waals surface area contributed by atoms with E-state index < -0.39 is 17.6 Å². The Labute approximate surface area is 205 Å². The average Bonchev–Trinajstić information content (AvgIpc) is 3.30. The number of likely N-dealkylation sites (tertiary alicyclic amines) is 1. The SMILES string of the molecule is Cc1cccc(-c2sc(C)nc2C(=O)N2C3C[C@H]3C[C@H]2CNC(=O)c2cccc(C(F)(F)F)c2)c1. The van der Waals surface area contributed by atoms with Crippen LogP contribution in [0.3, 0.4) is 0 Å². The van der Waals surface area contributed by atoms with Crippen molar-refractivity contribution in [2.75, 3.05) is 6.54 Å². The number of hydrogen-bond donors (Lipinski definition) is 1. The molecule has 2 fully saturated rings. The molecule has 5 rings (SSSR count). The van der Waals surface area contributed by atoms with Crippen LogP contribution in [0.2, 0.25) is 0 Å². The first kappa shape index (κ1) is 23.5. The zero-order chi connectivity index (χ0) is 24.9. The van der Waals surface area contributed by atoms with Gasteiger partial charge < -0.3 is 10.2 Å². The number of piperidine rings is 1. The molecule has 2 heterocycles. The summed E-state index contributed by atoms with van der Waals surface area (Å²) in [6.07, 6.45) is -2.85. The van der Waals surface area contributed by atoms with E-state index in [0.29, 0.717) is 11.6 Å². The van der Waals surface area contributed by atoms with Crippen LogP contribution in [0, 0.1) is 19.8 Å². The molecule has 3 aromatic rings. The first-order valence-corrected chi connectivity index (χ1v) is 12.3. The summed E-state index contributed by atoms with van der Waals surface area (Å²) in [5.41, 5.74) is 1.52. The topological polar surface area (TPSA) is 62.3 Å². The average molecular weight is 500 g/mol. The van der Waals surface area contributed by atoms with Crippen LogP contribution in [0.4, 0.5) is 13.2 Å². The molecule has 1 aliphatic heterocycles. The number of fused-ring (bicyclic) bond motifs is 1. The number of thiazole rings is 1. The van der Waals surface area contributed by atoms with Gasteiger partial charge in [0.1, 0.15) is 5.69 Å². The van der Waals surface area contributed by atoms with E-state index in [1.54, 1.807) is 0 Å². The molecule has 1 N–H and O–H groups in total. The Morgan fingerprint density at radius 2 is 1.89 bits per heavy atom. The number of nitrogens with zero attached hydrogens (tertiary/aromatic N) is 2. The van der Waals surface area contributed by atoms with Gasteiger partial charge in [-0.05, 0) is 56.4 Å². The maximum atomic E-state index is 13.7. The number of hydrogen-bond acceptors (Lipinski definition) is 4. The van der Waals surface area contributed by atoms with Gasteiger partial charge in [0, 0.05) is 18.2 Å². The highest BCUT2D eigenvalue weighted by Crippen LogP contribution is 2.48. The Balaban J connectivity index is 1.34. The summed E-state index contributed by atoms with van der Waals surface area (Å²) < 4.78 is 39.0. The minimum atomic E-state index is -4.52. The maximum Gasteiger partial charge on any atom is 0.416 e. The Bertz CT molecular complexity index is 1300. The molecule has 0 radical (unpaired) electrons. The van der Waals surface area contributed by atoms with E-state index in [4.69, 9.17) is 0 Å². The summed E-state index contributed by atoms with van der Waals surface area (Å²) in [5.74, 6) is -0.361. The third-order valence-electron chi connectivity index (χ3n) is 6.61. The highest BCUT2D eigenvalue weighted by atomic mass is 32.1. The van der Waals surface area contributed by atoms with E-state index in [2.05, 4.69) is 10.3 Å². The molecule has 3 atom stereocenters. The summed E-state index contributed by atoms with van der Waals surface area (Å²) in [6.45, 7) is 4.05. The van der Waals surface area contributed by atoms with E-state index in [0.717, 1.165) is 46.0 Å². The number of nitrogens with one attached hydrogen (secondary N) is 1. The molecule has 1 aromatic heterocycles. The van der Waals surface area contributed by atoms with Crippen molar-refractivity contribution in [1.29, 1.82) is 0 Å². The number of benzene rings is 2. The normalized spacial score (nSPS) is 21.1. The van der Waals surface area contributed by atoms with Crippen molar-refractivity contribution < 1.29 is 22.8 Å². The molecule has 182 valence electrons. The van der Waals surface area contributed by atoms with Crippen molar-refractivity contribution >= 4 is 23.2 Å². The first-order chi connectivity index (χ1) is 16.6. The maximum absolute atomic E-state index is 13.7. The summed E-state index contributed by atoms with van der Waals surface area (Å²) in [7, 11) is 0. The lowest BCUT2D eigenvalue weighted by Gasteiger charge is -2.27. The highest BCUT2D eigenvalue weighted by molar-refractivity contribution is 7.15. The van der Waals surface area contributed by atoms with E-state index in [1.807, 2.05) is 43.0 Å². The van der Waals surface area contributed by atoms with Crippen molar-refractivity contribution in [3.63, 3.8) is 0 Å². The summed E-state index contributed by atoms with van der Waals surface area (Å²) in [4.78, 5) is 33.5. The van der Waals surface area contributed by atoms with Crippen LogP contribution in [0.25, 0.3) is 10.4 Å². The Morgan fingerprint density at radius 1 is 1.11 bits per heavy atom. The second-order valence-corrected chi connectivity index (χ2v) is 10.4. The van der Waals surface area contributed by atoms with Crippen molar-refractivity contribution in [3.8, 4) is 10.4 Å². The second-order valence-electron chi connectivity index (χ2n) is 9.23. The third-order valence-corrected chi connectivity index (χ3v) is 7.63. The Kier molecular flexibility index (Phi) is 5.91. The van der Waals surface area contributed by atoms with E-state index in [1.165, 1.54) is 23.5 Å². The Hall–Kier alpha value is -3.20. The van der Waals surface area contributed by atoms with Crippen LogP contribution in [-0.2, 0) is 6.18 Å². The van der Waals surface area contributed by atoms with Crippen LogP contribution >= 0.6 is 11.3 Å². The van der Waals surface area contributed by atoms with Crippen molar-refractivity contribution in [3.05, 3.63) is 75.9 Å². The molecule has 1 saturated heterocycles. The largest absolute Gasteiger partial charge is 0.416 e. The lowest BCUT2D eigenvalue weighted by atomic mass is 10.1. The fourth-order valence-corrected chi connectivity index (χ4v) is 5.79. The van der Waals surface area contributed by atoms with E-state index in [9.17, 15) is 22.8 Å². The number of carbonyl (C=O) groups excluding carboxylic acids is 2. The quantitative estimate of drug-likeness (QED) is 0.506. The molecule has 0 spiro atoms. The molecule has 1 aliphatic carbocycles. The number of carbonyl (C=O) groups is 2. The molecule has 1 saturated carbocycles. The molecule has 2 aromatic carbocycles. The number of amides is 2. The van der Waals surface area contributed by atoms with Gasteiger partial charge in [0.05, 0.1) is 21.5 Å². The number of aryl methyl sites for hydroxylation is 2. The predicted octanol–water partition coefficient (Wildman–Crippen LogP) is 5.48. The smallest absolute Gasteiger partial charge is 0.350 e. The minimum absolute atomic E-state index is 0.0577. The predicted molar refractivity (Wildman–Crippen MR) is 127 cm³/mol. The highest BCUT2D eigenvalue weighted by Gasteiger charge is 2.54. The molecule has 9 heteroatoms. The van der Waals surface area contributed by atoms with E-state index >= 15 is 0 Å². The molecule has 1 unspecified atom stereocenters. The van der Waals surface area contributed by atoms with Gasteiger partial charge in [-0.25, -0.2) is 4.98 Å². The fourth-order valence-electron chi connectivity index (χ4n) is 4.88. The molecule has 0 bridgehead atoms. The number of aromatic nitrogens is 1. The molecular formula is C26H24F3N3O2S. The van der Waals surface area contributed by atoms with Gasteiger partial charge in [-0.2, -0.15) is 13.2 Å². The van der Waals surface area contributed by atoms with Crippen LogP contribution in [-0.4, -0.2) is 40.3 Å². The number of alkyl halides is 3. The summed E-state index contributed by atoms with van der Waals surface area (Å²) >= 11 is 1.48. The van der Waals surface area contributed by atoms with Gasteiger partial charge in [0.25, 0.3) is 11.8 Å². The van der Waals surface area contributed by atoms with Gasteiger partial charge in [-0.1, -0.05) is 35.9 Å². The molecule has 2 amide bonds. The Morgan fingerprint density at radius 3 is 2.63 bits per heavy atom. The van der Waals surface area contributed by atoms with Gasteiger partial charge >= 0.3 is 6.18 Å². The monoisotopic (exact) mass is 499 g/mol. The summed E-state index contributed by atoms with van der Waals surface area (Å²) in [5, 5.41) is 3.54. The molecular weight excluding hydrogens is 475 g/mol. The van der Waals surface area contributed by atoms with Crippen LogP contribution < -0.4 is 5.32 Å². The van der Waals surface area contributed by atoms with Crippen LogP contribution in [0.1, 0.15) is 49.8 Å². The lowest BCUT2D eigenvalue weighted by molar-refractivity contribution is -0.137. The molecule has 35 heavy (non-hydrogen) atoms. The van der Waals surface area contributed by atoms with Crippen molar-refractivity contribution in [2.45, 2.75) is 44.9 Å². The lowest BCUT2D eigenvalue weighted by Crippen LogP contribution is -2.45. The van der Waals surface area contributed by atoms with Crippen molar-refractivity contribution in [1.82, 2.24) is 15.2 Å². The van der Waals surface area contributed by atoms with Crippen LogP contribution in [0.15, 0.2) is 48.5 Å². The first-order valence-electron chi connectivity index (χ1n) is 11.4. The zero-order valence-electron chi connectivity index (χ0n) is 19.2. The van der Waals surface area contributed by atoms with Gasteiger partial charge in [-0.15, -0.1) is 11.3 Å². The van der Waals surface area contributed by atoms with Gasteiger partial charge in [0.15, 0.2) is 0 Å². The fraction of sp³-hybridized carbons (Fsp3) is 0.346. The third kappa shape index (κ3) is 4.69. The second kappa shape index (κ2) is 8.78. The standard InChI is InChI=1S/C26H24F3N3O2S/c1-14-5-3-6-16(9-14)23-22(31-15(2)35-23)25(34)32-20(11-18-12-21(18)32)13-30-24(33)17-7-4-8-19(10-17)26(27,28)29/h3-10,18,20-21H,11-13H2,1-2H3,(H,30,33)/t18-,20+,21?/m1/s1. The number of halogens is 3. The zero-order valence-corrected chi connectivity index (χ0v) is 20.0. The van der Waals surface area contributed by atoms with Crippen LogP contribution in [0.5, 0.6) is 0 Å². The minimum Gasteiger partial charge on any atom is -0.350 e. The van der Waals surface area contributed by atoms with Gasteiger partial charge in [0.2, 0.25) is 0 Å². The van der Waals surface area contributed by atoms with Gasteiger partial charge in [-0.3, -0.25) is 9.59 Å². The molecule has 2 aliphatic rings.